The number of carbonyl (C=O) groups excluding carboxylic acids is 3. The van der Waals surface area contributed by atoms with Gasteiger partial charge in [0.1, 0.15) is 23.3 Å². The van der Waals surface area contributed by atoms with E-state index in [2.05, 4.69) is 4.74 Å². The summed E-state index contributed by atoms with van der Waals surface area (Å²) in [6.07, 6.45) is 1.08. The van der Waals surface area contributed by atoms with Gasteiger partial charge in [-0.1, -0.05) is 30.3 Å². The van der Waals surface area contributed by atoms with E-state index in [-0.39, 0.29) is 18.3 Å². The van der Waals surface area contributed by atoms with Crippen LogP contribution in [-0.4, -0.2) is 41.7 Å². The summed E-state index contributed by atoms with van der Waals surface area (Å²) in [5, 5.41) is 0. The molecule has 3 heterocycles. The number of carbonyl (C=O) groups is 3. The van der Waals surface area contributed by atoms with Gasteiger partial charge in [0, 0.05) is 12.2 Å². The maximum Gasteiger partial charge on any atom is 0.373 e. The summed E-state index contributed by atoms with van der Waals surface area (Å²) >= 11 is 1.61. The average Bonchev–Trinajstić information content (AvgIpc) is 3.43. The van der Waals surface area contributed by atoms with Crippen LogP contribution < -0.4 is 0 Å². The van der Waals surface area contributed by atoms with E-state index < -0.39 is 22.9 Å². The van der Waals surface area contributed by atoms with Crippen LogP contribution in [0.3, 0.4) is 0 Å². The molecule has 1 amide bonds. The molecule has 2 aliphatic rings. The smallest absolute Gasteiger partial charge is 0.373 e. The van der Waals surface area contributed by atoms with Crippen molar-refractivity contribution < 1.29 is 28.3 Å². The Morgan fingerprint density at radius 2 is 2.04 bits per heavy atom. The molecule has 0 unspecified atom stereocenters. The zero-order chi connectivity index (χ0) is 19.7. The Labute approximate surface area is 166 Å². The van der Waals surface area contributed by atoms with E-state index in [1.165, 1.54) is 13.2 Å². The summed E-state index contributed by atoms with van der Waals surface area (Å²) in [6.45, 7) is -0.114. The van der Waals surface area contributed by atoms with Crippen LogP contribution in [0, 0.1) is 0 Å². The Kier molecular flexibility index (Phi) is 4.89. The second kappa shape index (κ2) is 7.35. The fraction of sp³-hybridized carbons (Fsp3) is 0.350. The number of esters is 2. The Balaban J connectivity index is 1.47. The van der Waals surface area contributed by atoms with E-state index in [0.717, 1.165) is 5.56 Å². The molecule has 0 radical (unpaired) electrons. The highest BCUT2D eigenvalue weighted by Crippen LogP contribution is 2.54. The van der Waals surface area contributed by atoms with Gasteiger partial charge in [-0.3, -0.25) is 4.79 Å². The molecule has 1 aromatic heterocycles. The number of methoxy groups -OCH3 is 1. The van der Waals surface area contributed by atoms with Gasteiger partial charge in [0.25, 0.3) is 0 Å². The van der Waals surface area contributed by atoms with Crippen LogP contribution in [0.5, 0.6) is 0 Å². The van der Waals surface area contributed by atoms with E-state index in [1.807, 2.05) is 30.3 Å². The molecule has 7 nitrogen and oxygen atoms in total. The molecule has 0 saturated carbocycles. The van der Waals surface area contributed by atoms with E-state index in [0.29, 0.717) is 24.4 Å². The quantitative estimate of drug-likeness (QED) is 0.712. The summed E-state index contributed by atoms with van der Waals surface area (Å²) < 4.78 is 15.3. The molecule has 146 valence electrons. The lowest BCUT2D eigenvalue weighted by atomic mass is 10.0. The second-order valence-electron chi connectivity index (χ2n) is 6.61. The highest BCUT2D eigenvalue weighted by molar-refractivity contribution is 8.00. The summed E-state index contributed by atoms with van der Waals surface area (Å²) in [5.74, 6) is -0.256. The first-order valence-corrected chi connectivity index (χ1v) is 9.89. The lowest BCUT2D eigenvalue weighted by molar-refractivity contribution is -0.155. The van der Waals surface area contributed by atoms with E-state index in [9.17, 15) is 14.4 Å². The molecule has 2 saturated heterocycles. The van der Waals surface area contributed by atoms with Crippen molar-refractivity contribution in [1.82, 2.24) is 4.90 Å². The lowest BCUT2D eigenvalue weighted by Crippen LogP contribution is -2.46. The summed E-state index contributed by atoms with van der Waals surface area (Å²) in [6, 6.07) is 12.2. The first-order chi connectivity index (χ1) is 13.5. The molecule has 4 rings (SSSR count). The van der Waals surface area contributed by atoms with Crippen molar-refractivity contribution >= 4 is 29.6 Å². The van der Waals surface area contributed by atoms with Crippen molar-refractivity contribution in [3.8, 4) is 0 Å². The Morgan fingerprint density at radius 1 is 1.25 bits per heavy atom. The molecular formula is C20H19NO6S. The Morgan fingerprint density at radius 3 is 2.79 bits per heavy atom. The SMILES string of the molecule is COC(=O)c1ccc(COC(=O)[C@@H]2CS[C@]3(c4ccccc4)CCC(=O)N23)o1. The van der Waals surface area contributed by atoms with E-state index >= 15 is 0 Å². The molecule has 2 aliphatic heterocycles. The third kappa shape index (κ3) is 3.07. The number of thioether (sulfide) groups is 1. The monoisotopic (exact) mass is 401 g/mol. The molecule has 2 fully saturated rings. The largest absolute Gasteiger partial charge is 0.463 e. The zero-order valence-electron chi connectivity index (χ0n) is 15.3. The standard InChI is InChI=1S/C20H19NO6S/c1-25-19(24)16-8-7-14(27-16)11-26-18(23)15-12-28-20(10-9-17(22)21(15)20)13-5-3-2-4-6-13/h2-8,15H,9-12H2,1H3/t15-,20-/m0/s1. The Bertz CT molecular complexity index is 910. The van der Waals surface area contributed by atoms with Gasteiger partial charge in [-0.05, 0) is 24.1 Å². The maximum absolute atomic E-state index is 12.7. The highest BCUT2D eigenvalue weighted by Gasteiger charge is 2.57. The predicted octanol–water partition coefficient (Wildman–Crippen LogP) is 2.70. The van der Waals surface area contributed by atoms with Gasteiger partial charge in [-0.25, -0.2) is 9.59 Å². The number of rotatable bonds is 5. The van der Waals surface area contributed by atoms with Crippen LogP contribution in [-0.2, 0) is 30.5 Å². The van der Waals surface area contributed by atoms with Crippen LogP contribution in [0.4, 0.5) is 0 Å². The normalized spacial score (nSPS) is 23.5. The van der Waals surface area contributed by atoms with Crippen LogP contribution in [0.2, 0.25) is 0 Å². The van der Waals surface area contributed by atoms with Crippen molar-refractivity contribution in [2.45, 2.75) is 30.4 Å². The summed E-state index contributed by atoms with van der Waals surface area (Å²) in [7, 11) is 1.26. The molecule has 0 spiro atoms. The lowest BCUT2D eigenvalue weighted by Gasteiger charge is -2.33. The maximum atomic E-state index is 12.7. The third-order valence-electron chi connectivity index (χ3n) is 5.03. The fourth-order valence-electron chi connectivity index (χ4n) is 3.72. The summed E-state index contributed by atoms with van der Waals surface area (Å²) in [5.41, 5.74) is 1.02. The molecule has 0 bridgehead atoms. The van der Waals surface area contributed by atoms with Gasteiger partial charge in [-0.15, -0.1) is 11.8 Å². The van der Waals surface area contributed by atoms with Crippen LogP contribution in [0.25, 0.3) is 0 Å². The van der Waals surface area contributed by atoms with Crippen LogP contribution >= 0.6 is 11.8 Å². The van der Waals surface area contributed by atoms with Crippen molar-refractivity contribution in [2.75, 3.05) is 12.9 Å². The minimum Gasteiger partial charge on any atom is -0.463 e. The number of hydrogen-bond donors (Lipinski definition) is 0. The van der Waals surface area contributed by atoms with Crippen LogP contribution in [0.1, 0.15) is 34.7 Å². The molecule has 28 heavy (non-hydrogen) atoms. The number of fused-ring (bicyclic) bond motifs is 1. The topological polar surface area (TPSA) is 86.0 Å². The molecule has 8 heteroatoms. The zero-order valence-corrected chi connectivity index (χ0v) is 16.1. The number of ether oxygens (including phenoxy) is 2. The van der Waals surface area contributed by atoms with Gasteiger partial charge < -0.3 is 18.8 Å². The number of furan rings is 1. The Hall–Kier alpha value is -2.74. The number of amides is 1. The molecule has 2 aromatic rings. The third-order valence-corrected chi connectivity index (χ3v) is 6.63. The van der Waals surface area contributed by atoms with Crippen LogP contribution in [0.15, 0.2) is 46.9 Å². The van der Waals surface area contributed by atoms with E-state index in [4.69, 9.17) is 9.15 Å². The minimum atomic E-state index is -0.643. The van der Waals surface area contributed by atoms with Crippen molar-refractivity contribution in [3.05, 3.63) is 59.5 Å². The second-order valence-corrected chi connectivity index (χ2v) is 7.90. The van der Waals surface area contributed by atoms with Crippen molar-refractivity contribution in [3.63, 3.8) is 0 Å². The highest BCUT2D eigenvalue weighted by atomic mass is 32.2. The van der Waals surface area contributed by atoms with Gasteiger partial charge in [0.05, 0.1) is 7.11 Å². The number of hydrogen-bond acceptors (Lipinski definition) is 7. The van der Waals surface area contributed by atoms with Gasteiger partial charge in [-0.2, -0.15) is 0 Å². The predicted molar refractivity (Wildman–Crippen MR) is 100 cm³/mol. The molecule has 0 N–H and O–H groups in total. The number of nitrogens with zero attached hydrogens (tertiary/aromatic N) is 1. The molecule has 1 aromatic carbocycles. The molecular weight excluding hydrogens is 382 g/mol. The minimum absolute atomic E-state index is 0.0400. The van der Waals surface area contributed by atoms with E-state index in [1.54, 1.807) is 22.7 Å². The van der Waals surface area contributed by atoms with Gasteiger partial charge in [0.15, 0.2) is 0 Å². The fourth-order valence-corrected chi connectivity index (χ4v) is 5.36. The first kappa shape index (κ1) is 18.6. The van der Waals surface area contributed by atoms with Crippen molar-refractivity contribution in [2.24, 2.45) is 0 Å². The molecule has 2 atom stereocenters. The summed E-state index contributed by atoms with van der Waals surface area (Å²) in [4.78, 5) is 37.9. The average molecular weight is 401 g/mol. The van der Waals surface area contributed by atoms with Gasteiger partial charge in [0.2, 0.25) is 11.7 Å². The molecule has 0 aliphatic carbocycles. The van der Waals surface area contributed by atoms with Crippen molar-refractivity contribution in [1.29, 1.82) is 0 Å². The number of benzene rings is 1. The van der Waals surface area contributed by atoms with Gasteiger partial charge >= 0.3 is 11.9 Å². The first-order valence-electron chi connectivity index (χ1n) is 8.90.